The molecule has 0 spiro atoms. The van der Waals surface area contributed by atoms with Crippen molar-refractivity contribution in [3.05, 3.63) is 60.9 Å². The van der Waals surface area contributed by atoms with Crippen LogP contribution in [0.25, 0.3) is 11.3 Å². The summed E-state index contributed by atoms with van der Waals surface area (Å²) in [5, 5.41) is 11.7. The van der Waals surface area contributed by atoms with E-state index in [1.54, 1.807) is 12.4 Å². The standard InChI is InChI=1S/C23H25N5O2/c1-2-30-21-8-4-3-7-20(21)25-23(29)17-11-14-28(15-12-17)22-10-9-19(26-27-22)18-6-5-13-24-16-18/h3-10,13,16-17H,2,11-12,14-15H2,1H3,(H,25,29). The van der Waals surface area contributed by atoms with Crippen LogP contribution in [0.3, 0.4) is 0 Å². The average Bonchev–Trinajstić information content (AvgIpc) is 2.81. The molecule has 1 aromatic carbocycles. The van der Waals surface area contributed by atoms with Gasteiger partial charge in [-0.15, -0.1) is 10.2 Å². The Balaban J connectivity index is 1.34. The molecule has 0 atom stereocenters. The van der Waals surface area contributed by atoms with Crippen LogP contribution in [0.2, 0.25) is 0 Å². The number of rotatable bonds is 6. The Morgan fingerprint density at radius 1 is 1.10 bits per heavy atom. The van der Waals surface area contributed by atoms with Gasteiger partial charge in [0.15, 0.2) is 5.82 Å². The fraction of sp³-hybridized carbons (Fsp3) is 0.304. The smallest absolute Gasteiger partial charge is 0.227 e. The number of pyridine rings is 1. The highest BCUT2D eigenvalue weighted by Crippen LogP contribution is 2.27. The first-order chi connectivity index (χ1) is 14.7. The summed E-state index contributed by atoms with van der Waals surface area (Å²) in [5.74, 6) is 1.55. The summed E-state index contributed by atoms with van der Waals surface area (Å²) < 4.78 is 5.60. The third-order valence-electron chi connectivity index (χ3n) is 5.24. The molecule has 0 unspecified atom stereocenters. The third-order valence-corrected chi connectivity index (χ3v) is 5.24. The van der Waals surface area contributed by atoms with E-state index < -0.39 is 0 Å². The molecule has 7 heteroatoms. The molecule has 1 aliphatic rings. The van der Waals surface area contributed by atoms with E-state index in [2.05, 4.69) is 25.4 Å². The molecule has 1 saturated heterocycles. The molecule has 7 nitrogen and oxygen atoms in total. The van der Waals surface area contributed by atoms with Gasteiger partial charge in [0.1, 0.15) is 5.75 Å². The summed E-state index contributed by atoms with van der Waals surface area (Å²) in [6.07, 6.45) is 5.06. The Bertz CT molecular complexity index is 970. The quantitative estimate of drug-likeness (QED) is 0.674. The van der Waals surface area contributed by atoms with Crippen LogP contribution in [0, 0.1) is 5.92 Å². The predicted molar refractivity (Wildman–Crippen MR) is 116 cm³/mol. The molecule has 0 bridgehead atoms. The number of benzene rings is 1. The van der Waals surface area contributed by atoms with Gasteiger partial charge in [-0.25, -0.2) is 0 Å². The highest BCUT2D eigenvalue weighted by molar-refractivity contribution is 5.94. The number of nitrogens with zero attached hydrogens (tertiary/aromatic N) is 4. The molecule has 1 fully saturated rings. The number of hydrogen-bond donors (Lipinski definition) is 1. The number of para-hydroxylation sites is 2. The van der Waals surface area contributed by atoms with Crippen molar-refractivity contribution in [3.63, 3.8) is 0 Å². The van der Waals surface area contributed by atoms with E-state index in [9.17, 15) is 4.79 Å². The second-order valence-electron chi connectivity index (χ2n) is 7.20. The average molecular weight is 403 g/mol. The summed E-state index contributed by atoms with van der Waals surface area (Å²) in [7, 11) is 0. The van der Waals surface area contributed by atoms with Gasteiger partial charge in [0.25, 0.3) is 0 Å². The van der Waals surface area contributed by atoms with Crippen molar-refractivity contribution in [2.24, 2.45) is 5.92 Å². The Morgan fingerprint density at radius 3 is 2.63 bits per heavy atom. The normalized spacial score (nSPS) is 14.4. The molecule has 0 saturated carbocycles. The number of ether oxygens (including phenoxy) is 1. The van der Waals surface area contributed by atoms with E-state index in [1.807, 2.05) is 55.5 Å². The fourth-order valence-electron chi connectivity index (χ4n) is 3.62. The summed E-state index contributed by atoms with van der Waals surface area (Å²) in [4.78, 5) is 19.0. The zero-order chi connectivity index (χ0) is 20.8. The summed E-state index contributed by atoms with van der Waals surface area (Å²) in [5.41, 5.74) is 2.47. The lowest BCUT2D eigenvalue weighted by atomic mass is 9.95. The molecule has 3 aromatic rings. The first kappa shape index (κ1) is 19.8. The van der Waals surface area contributed by atoms with Crippen LogP contribution >= 0.6 is 0 Å². The number of hydrogen-bond acceptors (Lipinski definition) is 6. The van der Waals surface area contributed by atoms with Crippen molar-refractivity contribution >= 4 is 17.4 Å². The Kier molecular flexibility index (Phi) is 6.17. The van der Waals surface area contributed by atoms with Crippen LogP contribution in [0.15, 0.2) is 60.9 Å². The number of carbonyl (C=O) groups excluding carboxylic acids is 1. The number of carbonyl (C=O) groups is 1. The van der Waals surface area contributed by atoms with Crippen LogP contribution in [-0.2, 0) is 4.79 Å². The Morgan fingerprint density at radius 2 is 1.93 bits per heavy atom. The Labute approximate surface area is 176 Å². The van der Waals surface area contributed by atoms with Gasteiger partial charge in [0, 0.05) is 37.0 Å². The lowest BCUT2D eigenvalue weighted by molar-refractivity contribution is -0.120. The van der Waals surface area contributed by atoms with Gasteiger partial charge in [-0.05, 0) is 56.2 Å². The van der Waals surface area contributed by atoms with E-state index in [-0.39, 0.29) is 11.8 Å². The summed E-state index contributed by atoms with van der Waals surface area (Å²) >= 11 is 0. The van der Waals surface area contributed by atoms with E-state index in [0.29, 0.717) is 12.4 Å². The van der Waals surface area contributed by atoms with Crippen molar-refractivity contribution in [1.82, 2.24) is 15.2 Å². The summed E-state index contributed by atoms with van der Waals surface area (Å²) in [6, 6.07) is 15.3. The number of nitrogens with one attached hydrogen (secondary N) is 1. The molecular formula is C23H25N5O2. The van der Waals surface area contributed by atoms with Crippen molar-refractivity contribution in [2.75, 3.05) is 29.9 Å². The van der Waals surface area contributed by atoms with Crippen LogP contribution in [0.1, 0.15) is 19.8 Å². The van der Waals surface area contributed by atoms with Crippen LogP contribution in [-0.4, -0.2) is 40.8 Å². The third kappa shape index (κ3) is 4.56. The minimum absolute atomic E-state index is 0.0291. The van der Waals surface area contributed by atoms with Crippen LogP contribution in [0.5, 0.6) is 5.75 Å². The number of aromatic nitrogens is 3. The van der Waals surface area contributed by atoms with Gasteiger partial charge in [-0.1, -0.05) is 12.1 Å². The molecule has 0 radical (unpaired) electrons. The van der Waals surface area contributed by atoms with Gasteiger partial charge in [-0.3, -0.25) is 9.78 Å². The second-order valence-corrected chi connectivity index (χ2v) is 7.20. The van der Waals surface area contributed by atoms with E-state index in [1.165, 1.54) is 0 Å². The molecule has 4 rings (SSSR count). The minimum atomic E-state index is -0.0291. The maximum atomic E-state index is 12.7. The summed E-state index contributed by atoms with van der Waals surface area (Å²) in [6.45, 7) is 4.03. The van der Waals surface area contributed by atoms with E-state index in [4.69, 9.17) is 4.74 Å². The largest absolute Gasteiger partial charge is 0.492 e. The second kappa shape index (κ2) is 9.35. The van der Waals surface area contributed by atoms with Crippen molar-refractivity contribution < 1.29 is 9.53 Å². The van der Waals surface area contributed by atoms with Crippen molar-refractivity contribution in [3.8, 4) is 17.0 Å². The molecule has 1 N–H and O–H groups in total. The molecule has 0 aliphatic carbocycles. The van der Waals surface area contributed by atoms with Gasteiger partial charge >= 0.3 is 0 Å². The Hall–Kier alpha value is -3.48. The molecule has 2 aromatic heterocycles. The fourth-order valence-corrected chi connectivity index (χ4v) is 3.62. The maximum Gasteiger partial charge on any atom is 0.227 e. The number of amides is 1. The van der Waals surface area contributed by atoms with Crippen molar-refractivity contribution in [1.29, 1.82) is 0 Å². The van der Waals surface area contributed by atoms with Gasteiger partial charge in [-0.2, -0.15) is 0 Å². The molecule has 154 valence electrons. The monoisotopic (exact) mass is 403 g/mol. The van der Waals surface area contributed by atoms with Gasteiger partial charge < -0.3 is 15.0 Å². The van der Waals surface area contributed by atoms with Crippen molar-refractivity contribution in [2.45, 2.75) is 19.8 Å². The number of anilines is 2. The maximum absolute atomic E-state index is 12.7. The zero-order valence-corrected chi connectivity index (χ0v) is 17.0. The van der Waals surface area contributed by atoms with E-state index >= 15 is 0 Å². The highest BCUT2D eigenvalue weighted by Gasteiger charge is 2.26. The first-order valence-electron chi connectivity index (χ1n) is 10.3. The van der Waals surface area contributed by atoms with Gasteiger partial charge in [0.2, 0.25) is 5.91 Å². The molecular weight excluding hydrogens is 378 g/mol. The molecule has 30 heavy (non-hydrogen) atoms. The predicted octanol–water partition coefficient (Wildman–Crippen LogP) is 3.79. The highest BCUT2D eigenvalue weighted by atomic mass is 16.5. The first-order valence-corrected chi connectivity index (χ1v) is 10.3. The molecule has 3 heterocycles. The van der Waals surface area contributed by atoms with E-state index in [0.717, 1.165) is 48.7 Å². The topological polar surface area (TPSA) is 80.2 Å². The lowest BCUT2D eigenvalue weighted by Crippen LogP contribution is -2.38. The minimum Gasteiger partial charge on any atom is -0.492 e. The molecule has 1 amide bonds. The SMILES string of the molecule is CCOc1ccccc1NC(=O)C1CCN(c2ccc(-c3cccnc3)nn2)CC1. The van der Waals surface area contributed by atoms with Crippen LogP contribution < -0.4 is 15.0 Å². The van der Waals surface area contributed by atoms with Gasteiger partial charge in [0.05, 0.1) is 18.0 Å². The zero-order valence-electron chi connectivity index (χ0n) is 17.0. The number of piperidine rings is 1. The lowest BCUT2D eigenvalue weighted by Gasteiger charge is -2.32. The van der Waals surface area contributed by atoms with Crippen LogP contribution in [0.4, 0.5) is 11.5 Å². The molecule has 1 aliphatic heterocycles.